The van der Waals surface area contributed by atoms with E-state index in [2.05, 4.69) is 13.0 Å². The Balaban J connectivity index is 2.56. The minimum atomic E-state index is -0.164. The van der Waals surface area contributed by atoms with E-state index in [0.29, 0.717) is 12.4 Å². The highest BCUT2D eigenvalue weighted by Crippen LogP contribution is 2.35. The second-order valence-electron chi connectivity index (χ2n) is 3.62. The van der Waals surface area contributed by atoms with Crippen LogP contribution in [0.2, 0.25) is 0 Å². The molecule has 0 fully saturated rings. The highest BCUT2D eigenvalue weighted by Gasteiger charge is 2.21. The van der Waals surface area contributed by atoms with E-state index < -0.39 is 0 Å². The van der Waals surface area contributed by atoms with Gasteiger partial charge >= 0.3 is 5.97 Å². The van der Waals surface area contributed by atoms with E-state index in [9.17, 15) is 4.79 Å². The van der Waals surface area contributed by atoms with Crippen molar-refractivity contribution in [2.45, 2.75) is 31.6 Å². The quantitative estimate of drug-likeness (QED) is 0.776. The molecule has 0 spiro atoms. The van der Waals surface area contributed by atoms with Crippen LogP contribution in [-0.2, 0) is 9.53 Å². The molecule has 0 radical (unpaired) electrons. The largest absolute Gasteiger partial charge is 0.465 e. The van der Waals surface area contributed by atoms with Gasteiger partial charge in [0.2, 0.25) is 0 Å². The van der Waals surface area contributed by atoms with E-state index >= 15 is 0 Å². The molecule has 1 aromatic rings. The number of carbonyl (C=O) groups is 1. The predicted octanol–water partition coefficient (Wildman–Crippen LogP) is 2.82. The molecule has 5 heteroatoms. The molecule has 0 amide bonds. The highest BCUT2D eigenvalue weighted by molar-refractivity contribution is 8.00. The number of thioether (sulfide) groups is 1. The zero-order chi connectivity index (χ0) is 12.7. The number of thiophene rings is 1. The summed E-state index contributed by atoms with van der Waals surface area (Å²) in [4.78, 5) is 12.6. The lowest BCUT2D eigenvalue weighted by molar-refractivity contribution is -0.139. The van der Waals surface area contributed by atoms with Crippen molar-refractivity contribution in [1.29, 1.82) is 0 Å². The molecule has 1 aromatic heterocycles. The van der Waals surface area contributed by atoms with Crippen LogP contribution in [0.15, 0.2) is 17.5 Å². The summed E-state index contributed by atoms with van der Waals surface area (Å²) in [5.41, 5.74) is 6.10. The van der Waals surface area contributed by atoms with Gasteiger partial charge in [0.15, 0.2) is 0 Å². The second kappa shape index (κ2) is 7.74. The van der Waals surface area contributed by atoms with E-state index in [0.717, 1.165) is 6.42 Å². The minimum absolute atomic E-state index is 0.0769. The third kappa shape index (κ3) is 4.69. The molecule has 0 bridgehead atoms. The van der Waals surface area contributed by atoms with Crippen molar-refractivity contribution in [3.63, 3.8) is 0 Å². The van der Waals surface area contributed by atoms with Gasteiger partial charge in [-0.05, 0) is 24.8 Å². The first-order chi connectivity index (χ1) is 8.19. The van der Waals surface area contributed by atoms with Crippen LogP contribution < -0.4 is 5.73 Å². The van der Waals surface area contributed by atoms with Crippen LogP contribution in [-0.4, -0.2) is 24.4 Å². The highest BCUT2D eigenvalue weighted by atomic mass is 32.2. The summed E-state index contributed by atoms with van der Waals surface area (Å²) in [5, 5.41) is 2.22. The van der Waals surface area contributed by atoms with Gasteiger partial charge in [-0.25, -0.2) is 0 Å². The maximum atomic E-state index is 11.3. The Kier molecular flexibility index (Phi) is 6.62. The predicted molar refractivity (Wildman–Crippen MR) is 74.4 cm³/mol. The van der Waals surface area contributed by atoms with E-state index in [4.69, 9.17) is 10.5 Å². The second-order valence-corrected chi connectivity index (χ2v) is 5.73. The molecular weight excluding hydrogens is 254 g/mol. The van der Waals surface area contributed by atoms with Crippen LogP contribution in [0.4, 0.5) is 0 Å². The van der Waals surface area contributed by atoms with Gasteiger partial charge in [-0.3, -0.25) is 4.79 Å². The first kappa shape index (κ1) is 14.5. The Bertz CT molecular complexity index is 327. The minimum Gasteiger partial charge on any atom is -0.465 e. The van der Waals surface area contributed by atoms with Crippen LogP contribution >= 0.6 is 23.1 Å². The average Bonchev–Trinajstić information content (AvgIpc) is 2.83. The summed E-state index contributed by atoms with van der Waals surface area (Å²) < 4.78 is 4.93. The van der Waals surface area contributed by atoms with Crippen molar-refractivity contribution in [1.82, 2.24) is 0 Å². The fourth-order valence-electron chi connectivity index (χ4n) is 1.44. The van der Waals surface area contributed by atoms with E-state index in [1.165, 1.54) is 4.88 Å². The van der Waals surface area contributed by atoms with Crippen molar-refractivity contribution in [2.75, 3.05) is 12.4 Å². The normalized spacial score (nSPS) is 14.3. The standard InChI is InChI=1S/C12H19NO2S2/c1-3-9(13)12(10-6-5-7-16-10)17-8-11(14)15-4-2/h5-7,9,12H,3-4,8,13H2,1-2H3. The molecule has 0 saturated heterocycles. The van der Waals surface area contributed by atoms with Gasteiger partial charge in [0.05, 0.1) is 17.6 Å². The fraction of sp³-hybridized carbons (Fsp3) is 0.583. The summed E-state index contributed by atoms with van der Waals surface area (Å²) in [6.07, 6.45) is 0.901. The SMILES string of the molecule is CCOC(=O)CSC(c1cccs1)C(N)CC. The monoisotopic (exact) mass is 273 g/mol. The Morgan fingerprint density at radius 3 is 2.88 bits per heavy atom. The number of nitrogens with two attached hydrogens (primary N) is 1. The molecule has 0 aliphatic rings. The number of hydrogen-bond donors (Lipinski definition) is 1. The summed E-state index contributed by atoms with van der Waals surface area (Å²) in [5.74, 6) is 0.201. The molecular formula is C12H19NO2S2. The Hall–Kier alpha value is -0.520. The Morgan fingerprint density at radius 1 is 1.59 bits per heavy atom. The van der Waals surface area contributed by atoms with Gasteiger partial charge in [0.1, 0.15) is 0 Å². The molecule has 96 valence electrons. The van der Waals surface area contributed by atoms with Gasteiger partial charge in [-0.15, -0.1) is 23.1 Å². The van der Waals surface area contributed by atoms with Crippen molar-refractivity contribution in [3.8, 4) is 0 Å². The van der Waals surface area contributed by atoms with Crippen LogP contribution in [0, 0.1) is 0 Å². The van der Waals surface area contributed by atoms with Crippen LogP contribution in [0.3, 0.4) is 0 Å². The van der Waals surface area contributed by atoms with Crippen molar-refractivity contribution >= 4 is 29.1 Å². The molecule has 1 heterocycles. The molecule has 0 aliphatic carbocycles. The Labute approximate surface area is 111 Å². The smallest absolute Gasteiger partial charge is 0.315 e. The number of esters is 1. The molecule has 17 heavy (non-hydrogen) atoms. The molecule has 1 rings (SSSR count). The lowest BCUT2D eigenvalue weighted by atomic mass is 10.1. The topological polar surface area (TPSA) is 52.3 Å². The molecule has 0 saturated carbocycles. The fourth-order valence-corrected chi connectivity index (χ4v) is 3.68. The molecule has 3 nitrogen and oxygen atoms in total. The summed E-state index contributed by atoms with van der Waals surface area (Å²) in [6, 6.07) is 4.16. The molecule has 0 aromatic carbocycles. The molecule has 2 atom stereocenters. The van der Waals surface area contributed by atoms with Crippen molar-refractivity contribution in [3.05, 3.63) is 22.4 Å². The van der Waals surface area contributed by atoms with Crippen molar-refractivity contribution in [2.24, 2.45) is 5.73 Å². The zero-order valence-corrected chi connectivity index (χ0v) is 11.9. The van der Waals surface area contributed by atoms with Gasteiger partial charge in [0, 0.05) is 10.9 Å². The maximum absolute atomic E-state index is 11.3. The van der Waals surface area contributed by atoms with Crippen molar-refractivity contribution < 1.29 is 9.53 Å². The number of rotatable bonds is 7. The summed E-state index contributed by atoms with van der Waals surface area (Å²) >= 11 is 3.26. The van der Waals surface area contributed by atoms with Gasteiger partial charge < -0.3 is 10.5 Å². The third-order valence-electron chi connectivity index (χ3n) is 2.37. The number of hydrogen-bond acceptors (Lipinski definition) is 5. The first-order valence-corrected chi connectivity index (χ1v) is 7.68. The van der Waals surface area contributed by atoms with E-state index in [1.807, 2.05) is 18.4 Å². The van der Waals surface area contributed by atoms with Gasteiger partial charge in [0.25, 0.3) is 0 Å². The molecule has 2 N–H and O–H groups in total. The third-order valence-corrected chi connectivity index (χ3v) is 4.84. The Morgan fingerprint density at radius 2 is 2.35 bits per heavy atom. The zero-order valence-electron chi connectivity index (χ0n) is 10.2. The summed E-state index contributed by atoms with van der Waals surface area (Å²) in [7, 11) is 0. The van der Waals surface area contributed by atoms with Crippen LogP contribution in [0.5, 0.6) is 0 Å². The van der Waals surface area contributed by atoms with Crippen LogP contribution in [0.25, 0.3) is 0 Å². The molecule has 2 unspecified atom stereocenters. The van der Waals surface area contributed by atoms with Gasteiger partial charge in [-0.1, -0.05) is 13.0 Å². The van der Waals surface area contributed by atoms with Crippen LogP contribution in [0.1, 0.15) is 30.4 Å². The maximum Gasteiger partial charge on any atom is 0.315 e. The lowest BCUT2D eigenvalue weighted by Gasteiger charge is -2.20. The molecule has 0 aliphatic heterocycles. The number of ether oxygens (including phenoxy) is 1. The van der Waals surface area contributed by atoms with Gasteiger partial charge in [-0.2, -0.15) is 0 Å². The first-order valence-electron chi connectivity index (χ1n) is 5.75. The number of carbonyl (C=O) groups excluding carboxylic acids is 1. The van der Waals surface area contributed by atoms with E-state index in [-0.39, 0.29) is 17.3 Å². The summed E-state index contributed by atoms with van der Waals surface area (Å²) in [6.45, 7) is 4.32. The average molecular weight is 273 g/mol. The van der Waals surface area contributed by atoms with E-state index in [1.54, 1.807) is 23.1 Å². The lowest BCUT2D eigenvalue weighted by Crippen LogP contribution is -2.26.